The molecule has 1 aliphatic carbocycles. The van der Waals surface area contributed by atoms with E-state index in [2.05, 4.69) is 32.9 Å². The maximum absolute atomic E-state index is 11.5. The van der Waals surface area contributed by atoms with E-state index in [0.717, 1.165) is 3.57 Å². The molecule has 2 atom stereocenters. The van der Waals surface area contributed by atoms with E-state index in [0.29, 0.717) is 12.2 Å². The van der Waals surface area contributed by atoms with Gasteiger partial charge in [0.1, 0.15) is 11.7 Å². The monoisotopic (exact) mass is 333 g/mol. The van der Waals surface area contributed by atoms with Crippen molar-refractivity contribution in [2.24, 2.45) is 5.92 Å². The number of amides is 1. The first kappa shape index (κ1) is 11.2. The zero-order valence-corrected chi connectivity index (χ0v) is 10.2. The molecule has 0 unspecified atom stereocenters. The molecule has 7 heteroatoms. The van der Waals surface area contributed by atoms with Crippen molar-refractivity contribution in [3.63, 3.8) is 0 Å². The first-order valence-electron chi connectivity index (χ1n) is 4.64. The minimum absolute atomic E-state index is 0.323. The number of nitrogens with one attached hydrogen (secondary N) is 1. The zero-order chi connectivity index (χ0) is 11.7. The second-order valence-electron chi connectivity index (χ2n) is 3.55. The number of pyridine rings is 1. The van der Waals surface area contributed by atoms with E-state index in [9.17, 15) is 14.9 Å². The van der Waals surface area contributed by atoms with Gasteiger partial charge in [-0.1, -0.05) is 0 Å². The molecule has 6 nitrogen and oxygen atoms in total. The number of nitro groups is 1. The third-order valence-corrected chi connectivity index (χ3v) is 2.98. The van der Waals surface area contributed by atoms with Crippen molar-refractivity contribution >= 4 is 34.3 Å². The maximum atomic E-state index is 11.5. The number of nitrogens with zero attached hydrogens (tertiary/aromatic N) is 2. The number of carbonyl (C=O) groups excluding carboxylic acids is 1. The Kier molecular flexibility index (Phi) is 3.03. The molecule has 0 spiro atoms. The third-order valence-electron chi connectivity index (χ3n) is 2.34. The molecule has 0 aliphatic heterocycles. The maximum Gasteiger partial charge on any atom is 0.235 e. The number of halogens is 1. The van der Waals surface area contributed by atoms with E-state index in [1.807, 2.05) is 0 Å². The van der Waals surface area contributed by atoms with Crippen LogP contribution in [0.4, 0.5) is 5.82 Å². The quantitative estimate of drug-likeness (QED) is 0.513. The Labute approximate surface area is 105 Å². The van der Waals surface area contributed by atoms with Gasteiger partial charge in [0, 0.05) is 21.1 Å². The van der Waals surface area contributed by atoms with Gasteiger partial charge in [0.2, 0.25) is 11.9 Å². The normalized spacial score (nSPS) is 22.6. The van der Waals surface area contributed by atoms with Crippen LogP contribution >= 0.6 is 22.6 Å². The summed E-state index contributed by atoms with van der Waals surface area (Å²) < 4.78 is 0.963. The van der Waals surface area contributed by atoms with Crippen LogP contribution < -0.4 is 5.32 Å². The molecule has 1 amide bonds. The van der Waals surface area contributed by atoms with Crippen LogP contribution in [0.2, 0.25) is 0 Å². The molecule has 0 bridgehead atoms. The van der Waals surface area contributed by atoms with Gasteiger partial charge in [-0.25, -0.2) is 4.98 Å². The lowest BCUT2D eigenvalue weighted by Crippen LogP contribution is -2.19. The van der Waals surface area contributed by atoms with Crippen LogP contribution in [0.15, 0.2) is 18.3 Å². The van der Waals surface area contributed by atoms with Crippen molar-refractivity contribution in [3.8, 4) is 0 Å². The van der Waals surface area contributed by atoms with E-state index >= 15 is 0 Å². The average molecular weight is 333 g/mol. The lowest BCUT2D eigenvalue weighted by atomic mass is 10.3. The Morgan fingerprint density at radius 1 is 1.62 bits per heavy atom. The molecule has 0 aromatic carbocycles. The molecule has 0 saturated heterocycles. The highest BCUT2D eigenvalue weighted by atomic mass is 127. The molecule has 1 saturated carbocycles. The van der Waals surface area contributed by atoms with Crippen molar-refractivity contribution in [1.82, 2.24) is 4.98 Å². The molecule has 1 aromatic rings. The number of carbonyl (C=O) groups is 1. The Bertz CT molecular complexity index is 434. The first-order chi connectivity index (χ1) is 7.58. The van der Waals surface area contributed by atoms with Gasteiger partial charge in [0.05, 0.1) is 0 Å². The summed E-state index contributed by atoms with van der Waals surface area (Å²) >= 11 is 2.10. The predicted molar refractivity (Wildman–Crippen MR) is 64.5 cm³/mol. The van der Waals surface area contributed by atoms with Crippen LogP contribution in [-0.4, -0.2) is 21.9 Å². The fourth-order valence-electron chi connectivity index (χ4n) is 1.37. The molecule has 1 heterocycles. The van der Waals surface area contributed by atoms with Crippen molar-refractivity contribution < 1.29 is 9.72 Å². The molecule has 1 aromatic heterocycles. The standard InChI is InChI=1S/C9H8IN3O3/c10-5-1-2-8(11-4-5)12-9(14)6-3-7(6)13(15)16/h1-2,4,6-7H,3H2,(H,11,12,14)/t6-,7-/m0/s1. The van der Waals surface area contributed by atoms with Gasteiger partial charge in [0.15, 0.2) is 0 Å². The van der Waals surface area contributed by atoms with E-state index in [1.165, 1.54) is 0 Å². The van der Waals surface area contributed by atoms with Gasteiger partial charge in [-0.15, -0.1) is 0 Å². The lowest BCUT2D eigenvalue weighted by molar-refractivity contribution is -0.497. The Hall–Kier alpha value is -1.25. The number of rotatable bonds is 3. The van der Waals surface area contributed by atoms with Gasteiger partial charge in [-0.05, 0) is 34.7 Å². The first-order valence-corrected chi connectivity index (χ1v) is 5.71. The minimum Gasteiger partial charge on any atom is -0.310 e. The summed E-state index contributed by atoms with van der Waals surface area (Å²) in [5, 5.41) is 12.9. The summed E-state index contributed by atoms with van der Waals surface area (Å²) in [6, 6.07) is 2.76. The highest BCUT2D eigenvalue weighted by Crippen LogP contribution is 2.33. The van der Waals surface area contributed by atoms with Crippen molar-refractivity contribution in [2.45, 2.75) is 12.5 Å². The van der Waals surface area contributed by atoms with Gasteiger partial charge < -0.3 is 5.32 Å². The van der Waals surface area contributed by atoms with Crippen LogP contribution in [0.1, 0.15) is 6.42 Å². The summed E-state index contributed by atoms with van der Waals surface area (Å²) in [5.74, 6) is -0.397. The summed E-state index contributed by atoms with van der Waals surface area (Å²) in [7, 11) is 0. The molecule has 2 rings (SSSR count). The summed E-state index contributed by atoms with van der Waals surface area (Å²) in [4.78, 5) is 25.5. The van der Waals surface area contributed by atoms with Gasteiger partial charge in [0.25, 0.3) is 0 Å². The van der Waals surface area contributed by atoms with Gasteiger partial charge >= 0.3 is 0 Å². The molecule has 1 aliphatic rings. The summed E-state index contributed by atoms with van der Waals surface area (Å²) in [6.07, 6.45) is 1.94. The van der Waals surface area contributed by atoms with Gasteiger partial charge in [-0.2, -0.15) is 0 Å². The van der Waals surface area contributed by atoms with Crippen LogP contribution in [0.5, 0.6) is 0 Å². The highest BCUT2D eigenvalue weighted by Gasteiger charge is 2.53. The number of anilines is 1. The van der Waals surface area contributed by atoms with Crippen molar-refractivity contribution in [1.29, 1.82) is 0 Å². The Morgan fingerprint density at radius 3 is 2.88 bits per heavy atom. The van der Waals surface area contributed by atoms with E-state index in [1.54, 1.807) is 18.3 Å². The molecular weight excluding hydrogens is 325 g/mol. The molecule has 1 fully saturated rings. The number of hydrogen-bond acceptors (Lipinski definition) is 4. The third kappa shape index (κ3) is 2.46. The summed E-state index contributed by atoms with van der Waals surface area (Å²) in [5.41, 5.74) is 0. The fourth-order valence-corrected chi connectivity index (χ4v) is 1.68. The predicted octanol–water partition coefficient (Wildman–Crippen LogP) is 1.29. The van der Waals surface area contributed by atoms with E-state index in [4.69, 9.17) is 0 Å². The molecular formula is C9H8IN3O3. The molecule has 84 valence electrons. The van der Waals surface area contributed by atoms with Crippen LogP contribution in [-0.2, 0) is 4.79 Å². The van der Waals surface area contributed by atoms with Crippen LogP contribution in [0.3, 0.4) is 0 Å². The zero-order valence-electron chi connectivity index (χ0n) is 8.09. The second-order valence-corrected chi connectivity index (χ2v) is 4.79. The van der Waals surface area contributed by atoms with E-state index < -0.39 is 16.9 Å². The topological polar surface area (TPSA) is 85.1 Å². The second kappa shape index (κ2) is 4.32. The number of hydrogen-bond donors (Lipinski definition) is 1. The molecule has 1 N–H and O–H groups in total. The smallest absolute Gasteiger partial charge is 0.235 e. The SMILES string of the molecule is O=C(Nc1ccc(I)cn1)[C@H]1C[C@@H]1[N+](=O)[O-]. The molecule has 0 radical (unpaired) electrons. The molecule has 16 heavy (non-hydrogen) atoms. The van der Waals surface area contributed by atoms with Crippen LogP contribution in [0, 0.1) is 19.6 Å². The summed E-state index contributed by atoms with van der Waals surface area (Å²) in [6.45, 7) is 0. The Balaban J connectivity index is 1.94. The Morgan fingerprint density at radius 2 is 2.38 bits per heavy atom. The van der Waals surface area contributed by atoms with Crippen LogP contribution in [0.25, 0.3) is 0 Å². The minimum atomic E-state index is -0.719. The lowest BCUT2D eigenvalue weighted by Gasteiger charge is -2.01. The fraction of sp³-hybridized carbons (Fsp3) is 0.333. The van der Waals surface area contributed by atoms with Crippen molar-refractivity contribution in [3.05, 3.63) is 32.0 Å². The average Bonchev–Trinajstić information content (AvgIpc) is 3.01. The largest absolute Gasteiger partial charge is 0.310 e. The number of aromatic nitrogens is 1. The van der Waals surface area contributed by atoms with Crippen molar-refractivity contribution in [2.75, 3.05) is 5.32 Å². The highest BCUT2D eigenvalue weighted by molar-refractivity contribution is 14.1. The van der Waals surface area contributed by atoms with E-state index in [-0.39, 0.29) is 5.91 Å². The van der Waals surface area contributed by atoms with Gasteiger partial charge in [-0.3, -0.25) is 14.9 Å².